The van der Waals surface area contributed by atoms with Gasteiger partial charge in [0.2, 0.25) is 0 Å². The van der Waals surface area contributed by atoms with Crippen LogP contribution < -0.4 is 10.6 Å². The van der Waals surface area contributed by atoms with Gasteiger partial charge < -0.3 is 15.7 Å². The van der Waals surface area contributed by atoms with Crippen molar-refractivity contribution in [3.8, 4) is 0 Å². The van der Waals surface area contributed by atoms with Crippen LogP contribution in [0.2, 0.25) is 0 Å². The van der Waals surface area contributed by atoms with E-state index < -0.39 is 0 Å². The van der Waals surface area contributed by atoms with E-state index in [4.69, 9.17) is 0 Å². The van der Waals surface area contributed by atoms with Crippen molar-refractivity contribution in [1.29, 1.82) is 0 Å². The number of aromatic nitrogens is 2. The van der Waals surface area contributed by atoms with E-state index in [1.807, 2.05) is 6.07 Å². The summed E-state index contributed by atoms with van der Waals surface area (Å²) in [4.78, 5) is 9.18. The van der Waals surface area contributed by atoms with Gasteiger partial charge in [0.15, 0.2) is 0 Å². The molecule has 2 saturated carbocycles. The highest BCUT2D eigenvalue weighted by Crippen LogP contribution is 2.40. The van der Waals surface area contributed by atoms with Crippen molar-refractivity contribution in [2.45, 2.75) is 50.5 Å². The summed E-state index contributed by atoms with van der Waals surface area (Å²) in [5.74, 6) is 3.20. The Balaban J connectivity index is 1.82. The lowest BCUT2D eigenvalue weighted by molar-refractivity contribution is 0.144. The van der Waals surface area contributed by atoms with Gasteiger partial charge in [-0.25, -0.2) is 9.97 Å². The van der Waals surface area contributed by atoms with E-state index in [1.54, 1.807) is 0 Å². The fourth-order valence-electron chi connectivity index (χ4n) is 2.52. The molecule has 2 aliphatic rings. The smallest absolute Gasteiger partial charge is 0.136 e. The van der Waals surface area contributed by atoms with Crippen LogP contribution in [0, 0.1) is 0 Å². The lowest BCUT2D eigenvalue weighted by atomic mass is 9.77. The van der Waals surface area contributed by atoms with Gasteiger partial charge >= 0.3 is 0 Å². The van der Waals surface area contributed by atoms with E-state index in [1.165, 1.54) is 19.3 Å². The van der Waals surface area contributed by atoms with Gasteiger partial charge in [0.1, 0.15) is 17.5 Å². The van der Waals surface area contributed by atoms with Crippen molar-refractivity contribution < 1.29 is 5.11 Å². The van der Waals surface area contributed by atoms with Gasteiger partial charge in [-0.2, -0.15) is 0 Å². The SMILES string of the molecule is CCNc1cc(NC2(CO)CCC2)nc(C2CC2)n1. The molecule has 0 saturated heterocycles. The molecule has 0 aliphatic heterocycles. The van der Waals surface area contributed by atoms with Crippen LogP contribution >= 0.6 is 0 Å². The molecule has 0 unspecified atom stereocenters. The number of hydrogen-bond donors (Lipinski definition) is 3. The van der Waals surface area contributed by atoms with E-state index in [0.29, 0.717) is 5.92 Å². The van der Waals surface area contributed by atoms with E-state index in [0.717, 1.165) is 36.8 Å². The minimum absolute atomic E-state index is 0.154. The van der Waals surface area contributed by atoms with Gasteiger partial charge in [-0.15, -0.1) is 0 Å². The van der Waals surface area contributed by atoms with E-state index in [9.17, 15) is 5.11 Å². The van der Waals surface area contributed by atoms with Crippen molar-refractivity contribution >= 4 is 11.6 Å². The summed E-state index contributed by atoms with van der Waals surface area (Å²) in [6, 6.07) is 1.95. The number of nitrogens with one attached hydrogen (secondary N) is 2. The molecule has 5 heteroatoms. The Morgan fingerprint density at radius 3 is 2.58 bits per heavy atom. The summed E-state index contributed by atoms with van der Waals surface area (Å²) in [5, 5.41) is 16.2. The Bertz CT molecular complexity index is 449. The van der Waals surface area contributed by atoms with Crippen LogP contribution in [0.1, 0.15) is 50.8 Å². The predicted molar refractivity (Wildman–Crippen MR) is 75.5 cm³/mol. The average molecular weight is 262 g/mol. The second-order valence-electron chi connectivity index (χ2n) is 5.72. The Hall–Kier alpha value is -1.36. The fraction of sp³-hybridized carbons (Fsp3) is 0.714. The lowest BCUT2D eigenvalue weighted by Gasteiger charge is -2.41. The van der Waals surface area contributed by atoms with Crippen molar-refractivity contribution in [3.63, 3.8) is 0 Å². The second kappa shape index (κ2) is 4.96. The van der Waals surface area contributed by atoms with E-state index in [2.05, 4.69) is 27.5 Å². The fourth-order valence-corrected chi connectivity index (χ4v) is 2.52. The standard InChI is InChI=1S/C14H22N4O/c1-2-15-11-8-12(17-13(16-11)10-4-5-10)18-14(9-19)6-3-7-14/h8,10,19H,2-7,9H2,1H3,(H2,15,16,17,18). The number of hydrogen-bond acceptors (Lipinski definition) is 5. The van der Waals surface area contributed by atoms with Crippen molar-refractivity contribution in [3.05, 3.63) is 11.9 Å². The zero-order valence-corrected chi connectivity index (χ0v) is 11.4. The largest absolute Gasteiger partial charge is 0.394 e. The van der Waals surface area contributed by atoms with Gasteiger partial charge in [-0.1, -0.05) is 0 Å². The van der Waals surface area contributed by atoms with Gasteiger partial charge in [0, 0.05) is 18.5 Å². The summed E-state index contributed by atoms with van der Waals surface area (Å²) in [6.07, 6.45) is 5.60. The number of nitrogens with zero attached hydrogens (tertiary/aromatic N) is 2. The molecular weight excluding hydrogens is 240 g/mol. The third kappa shape index (κ3) is 2.66. The molecule has 2 fully saturated rings. The van der Waals surface area contributed by atoms with Crippen LogP contribution in [0.25, 0.3) is 0 Å². The average Bonchev–Trinajstić information content (AvgIpc) is 3.18. The molecular formula is C14H22N4O. The number of aliphatic hydroxyl groups is 1. The molecule has 0 spiro atoms. The molecule has 0 amide bonds. The maximum absolute atomic E-state index is 9.54. The number of rotatable bonds is 6. The van der Waals surface area contributed by atoms with Crippen molar-refractivity contribution in [2.75, 3.05) is 23.8 Å². The van der Waals surface area contributed by atoms with Crippen LogP contribution in [0.5, 0.6) is 0 Å². The van der Waals surface area contributed by atoms with Crippen molar-refractivity contribution in [2.24, 2.45) is 0 Å². The third-order valence-corrected chi connectivity index (χ3v) is 4.05. The van der Waals surface area contributed by atoms with Crippen LogP contribution in [0.4, 0.5) is 11.6 Å². The van der Waals surface area contributed by atoms with Gasteiger partial charge in [-0.3, -0.25) is 0 Å². The van der Waals surface area contributed by atoms with Gasteiger partial charge in [0.25, 0.3) is 0 Å². The first-order valence-corrected chi connectivity index (χ1v) is 7.26. The van der Waals surface area contributed by atoms with Crippen LogP contribution in [-0.2, 0) is 0 Å². The summed E-state index contributed by atoms with van der Waals surface area (Å²) >= 11 is 0. The van der Waals surface area contributed by atoms with Crippen LogP contribution in [0.15, 0.2) is 6.07 Å². The van der Waals surface area contributed by atoms with Crippen LogP contribution in [-0.4, -0.2) is 33.8 Å². The quantitative estimate of drug-likeness (QED) is 0.732. The molecule has 5 nitrogen and oxygen atoms in total. The molecule has 1 aromatic heterocycles. The summed E-state index contributed by atoms with van der Waals surface area (Å²) in [6.45, 7) is 3.09. The molecule has 104 valence electrons. The molecule has 3 N–H and O–H groups in total. The molecule has 0 atom stereocenters. The highest BCUT2D eigenvalue weighted by Gasteiger charge is 2.37. The number of aliphatic hydroxyl groups excluding tert-OH is 1. The summed E-state index contributed by atoms with van der Waals surface area (Å²) in [7, 11) is 0. The van der Waals surface area contributed by atoms with Gasteiger partial charge in [-0.05, 0) is 39.0 Å². The third-order valence-electron chi connectivity index (χ3n) is 4.05. The lowest BCUT2D eigenvalue weighted by Crippen LogP contribution is -2.48. The molecule has 2 aliphatic carbocycles. The van der Waals surface area contributed by atoms with Crippen LogP contribution in [0.3, 0.4) is 0 Å². The van der Waals surface area contributed by atoms with Crippen molar-refractivity contribution in [1.82, 2.24) is 9.97 Å². The highest BCUT2D eigenvalue weighted by atomic mass is 16.3. The monoisotopic (exact) mass is 262 g/mol. The minimum atomic E-state index is -0.154. The zero-order chi connectivity index (χ0) is 13.3. The highest BCUT2D eigenvalue weighted by molar-refractivity contribution is 5.50. The summed E-state index contributed by atoms with van der Waals surface area (Å²) in [5.41, 5.74) is -0.154. The number of anilines is 2. The molecule has 0 bridgehead atoms. The molecule has 0 radical (unpaired) electrons. The minimum Gasteiger partial charge on any atom is -0.394 e. The summed E-state index contributed by atoms with van der Waals surface area (Å²) < 4.78 is 0. The Kier molecular flexibility index (Phi) is 3.31. The molecule has 1 aromatic rings. The Morgan fingerprint density at radius 2 is 2.05 bits per heavy atom. The first-order valence-electron chi connectivity index (χ1n) is 7.26. The topological polar surface area (TPSA) is 70.1 Å². The van der Waals surface area contributed by atoms with E-state index >= 15 is 0 Å². The molecule has 3 rings (SSSR count). The van der Waals surface area contributed by atoms with E-state index in [-0.39, 0.29) is 12.1 Å². The molecule has 0 aromatic carbocycles. The Morgan fingerprint density at radius 1 is 1.32 bits per heavy atom. The normalized spacial score (nSPS) is 20.7. The molecule has 1 heterocycles. The Labute approximate surface area is 113 Å². The maximum atomic E-state index is 9.54. The first kappa shape index (κ1) is 12.7. The zero-order valence-electron chi connectivity index (χ0n) is 11.4. The maximum Gasteiger partial charge on any atom is 0.136 e. The predicted octanol–water partition coefficient (Wildman–Crippen LogP) is 2.11. The molecule has 19 heavy (non-hydrogen) atoms. The first-order chi connectivity index (χ1) is 9.24. The van der Waals surface area contributed by atoms with Gasteiger partial charge in [0.05, 0.1) is 12.1 Å². The second-order valence-corrected chi connectivity index (χ2v) is 5.72.